The molecule has 0 N–H and O–H groups in total. The van der Waals surface area contributed by atoms with Crippen molar-refractivity contribution in [1.82, 2.24) is 9.80 Å². The van der Waals surface area contributed by atoms with Gasteiger partial charge >= 0.3 is 6.03 Å². The normalized spacial score (nSPS) is 23.6. The van der Waals surface area contributed by atoms with Crippen molar-refractivity contribution >= 4 is 46.8 Å². The maximum atomic E-state index is 12.9. The smallest absolute Gasteiger partial charge is 0.331 e. The number of urea groups is 1. The third-order valence-electron chi connectivity index (χ3n) is 3.68. The van der Waals surface area contributed by atoms with Crippen molar-refractivity contribution < 1.29 is 14.3 Å². The second kappa shape index (κ2) is 5.81. The first-order valence-electron chi connectivity index (χ1n) is 7.18. The molecule has 1 saturated heterocycles. The van der Waals surface area contributed by atoms with Crippen molar-refractivity contribution in [3.05, 3.63) is 23.2 Å². The molecule has 8 heteroatoms. The second-order valence-electron chi connectivity index (χ2n) is 5.32. The molecule has 0 aromatic heterocycles. The SMILES string of the molecule is CCCOC12Sc3cc(Cl)ccc3N=C1N(C)C(=O)N(C)C2=O. The molecule has 1 aromatic carbocycles. The van der Waals surface area contributed by atoms with Crippen LogP contribution in [-0.2, 0) is 9.53 Å². The van der Waals surface area contributed by atoms with Gasteiger partial charge in [0.05, 0.1) is 5.69 Å². The minimum absolute atomic E-state index is 0.305. The van der Waals surface area contributed by atoms with E-state index in [4.69, 9.17) is 16.3 Å². The van der Waals surface area contributed by atoms with Crippen molar-refractivity contribution in [3.8, 4) is 0 Å². The van der Waals surface area contributed by atoms with Crippen LogP contribution in [0, 0.1) is 0 Å². The third-order valence-corrected chi connectivity index (χ3v) is 5.23. The third kappa shape index (κ3) is 2.43. The zero-order valence-electron chi connectivity index (χ0n) is 13.0. The van der Waals surface area contributed by atoms with Gasteiger partial charge < -0.3 is 4.74 Å². The van der Waals surface area contributed by atoms with Gasteiger partial charge in [-0.05, 0) is 24.6 Å². The second-order valence-corrected chi connectivity index (χ2v) is 6.98. The fourth-order valence-corrected chi connectivity index (χ4v) is 4.10. The number of likely N-dealkylation sites (N-methyl/N-ethyl adjacent to an activating group) is 2. The number of halogens is 1. The van der Waals surface area contributed by atoms with E-state index in [0.717, 1.165) is 16.2 Å². The van der Waals surface area contributed by atoms with Crippen molar-refractivity contribution in [2.75, 3.05) is 20.7 Å². The van der Waals surface area contributed by atoms with Crippen molar-refractivity contribution in [1.29, 1.82) is 0 Å². The van der Waals surface area contributed by atoms with Gasteiger partial charge in [0.15, 0.2) is 5.84 Å². The molecule has 1 aromatic rings. The van der Waals surface area contributed by atoms with Gasteiger partial charge in [-0.25, -0.2) is 9.79 Å². The Bertz CT molecular complexity index is 724. The van der Waals surface area contributed by atoms with E-state index in [9.17, 15) is 9.59 Å². The number of imide groups is 1. The Hall–Kier alpha value is -1.57. The predicted molar refractivity (Wildman–Crippen MR) is 89.3 cm³/mol. The van der Waals surface area contributed by atoms with Crippen LogP contribution in [0.15, 0.2) is 28.1 Å². The highest BCUT2D eigenvalue weighted by Crippen LogP contribution is 2.48. The van der Waals surface area contributed by atoms with Crippen molar-refractivity contribution in [2.45, 2.75) is 23.2 Å². The van der Waals surface area contributed by atoms with E-state index in [2.05, 4.69) is 4.99 Å². The van der Waals surface area contributed by atoms with Gasteiger partial charge in [-0.15, -0.1) is 0 Å². The lowest BCUT2D eigenvalue weighted by Gasteiger charge is -2.44. The summed E-state index contributed by atoms with van der Waals surface area (Å²) in [4.78, 5) is 31.4. The lowest BCUT2D eigenvalue weighted by Crippen LogP contribution is -2.67. The molecule has 0 spiro atoms. The Kier molecular flexibility index (Phi) is 4.12. The summed E-state index contributed by atoms with van der Waals surface area (Å²) in [6, 6.07) is 4.82. The topological polar surface area (TPSA) is 62.2 Å². The summed E-state index contributed by atoms with van der Waals surface area (Å²) in [5.41, 5.74) is 0.669. The van der Waals surface area contributed by atoms with Crippen molar-refractivity contribution in [3.63, 3.8) is 0 Å². The van der Waals surface area contributed by atoms with Crippen LogP contribution in [0.3, 0.4) is 0 Å². The van der Waals surface area contributed by atoms with Crippen LogP contribution in [0.2, 0.25) is 5.02 Å². The summed E-state index contributed by atoms with van der Waals surface area (Å²) in [5, 5.41) is 0.557. The number of fused-ring (bicyclic) bond motifs is 2. The summed E-state index contributed by atoms with van der Waals surface area (Å²) in [5.74, 6) is -0.123. The standard InChI is InChI=1S/C15H16ClN3O3S/c1-4-7-22-15-12(18(2)14(21)19(3)13(15)20)17-10-6-5-9(16)8-11(10)23-15/h5-6,8H,4,7H2,1-3H3. The molecule has 2 heterocycles. The molecular formula is C15H16ClN3O3S. The van der Waals surface area contributed by atoms with E-state index in [0.29, 0.717) is 23.2 Å². The fourth-order valence-electron chi connectivity index (χ4n) is 2.51. The van der Waals surface area contributed by atoms with E-state index in [1.165, 1.54) is 23.7 Å². The monoisotopic (exact) mass is 353 g/mol. The van der Waals surface area contributed by atoms with E-state index in [1.807, 2.05) is 6.92 Å². The van der Waals surface area contributed by atoms with E-state index < -0.39 is 16.9 Å². The molecule has 23 heavy (non-hydrogen) atoms. The van der Waals surface area contributed by atoms with Gasteiger partial charge in [0.25, 0.3) is 10.8 Å². The van der Waals surface area contributed by atoms with Gasteiger partial charge in [0.2, 0.25) is 0 Å². The first-order chi connectivity index (χ1) is 10.9. The highest BCUT2D eigenvalue weighted by molar-refractivity contribution is 8.02. The first-order valence-corrected chi connectivity index (χ1v) is 8.37. The molecule has 2 aliphatic rings. The summed E-state index contributed by atoms with van der Waals surface area (Å²) >= 11 is 7.29. The largest absolute Gasteiger partial charge is 0.349 e. The number of carbonyl (C=O) groups is 2. The zero-order valence-corrected chi connectivity index (χ0v) is 14.6. The molecule has 1 atom stereocenters. The number of aliphatic imine (C=N–C) groups is 1. The Balaban J connectivity index is 2.18. The van der Waals surface area contributed by atoms with Crippen LogP contribution < -0.4 is 0 Å². The first kappa shape index (κ1) is 16.3. The van der Waals surface area contributed by atoms with Gasteiger partial charge in [-0.2, -0.15) is 0 Å². The number of ether oxygens (including phenoxy) is 1. The Morgan fingerprint density at radius 2 is 2.04 bits per heavy atom. The predicted octanol–water partition coefficient (Wildman–Crippen LogP) is 3.12. The zero-order chi connectivity index (χ0) is 16.8. The Morgan fingerprint density at radius 1 is 1.30 bits per heavy atom. The van der Waals surface area contributed by atoms with Gasteiger partial charge in [-0.3, -0.25) is 14.6 Å². The molecule has 2 aliphatic heterocycles. The number of amides is 3. The average molecular weight is 354 g/mol. The lowest BCUT2D eigenvalue weighted by atomic mass is 10.2. The summed E-state index contributed by atoms with van der Waals surface area (Å²) < 4.78 is 5.93. The maximum absolute atomic E-state index is 12.9. The lowest BCUT2D eigenvalue weighted by molar-refractivity contribution is -0.140. The Morgan fingerprint density at radius 3 is 2.74 bits per heavy atom. The van der Waals surface area contributed by atoms with Crippen molar-refractivity contribution in [2.24, 2.45) is 4.99 Å². The number of thioether (sulfide) groups is 1. The highest BCUT2D eigenvalue weighted by Gasteiger charge is 2.57. The molecule has 1 fully saturated rings. The number of rotatable bonds is 3. The molecular weight excluding hydrogens is 338 g/mol. The highest BCUT2D eigenvalue weighted by atomic mass is 35.5. The minimum Gasteiger partial charge on any atom is -0.349 e. The summed E-state index contributed by atoms with van der Waals surface area (Å²) in [6.45, 7) is 2.33. The van der Waals surface area contributed by atoms with Gasteiger partial charge in [-0.1, -0.05) is 30.3 Å². The summed E-state index contributed by atoms with van der Waals surface area (Å²) in [6.07, 6.45) is 0.743. The van der Waals surface area contributed by atoms with Crippen LogP contribution in [-0.4, -0.2) is 53.2 Å². The average Bonchev–Trinajstić information content (AvgIpc) is 2.55. The molecule has 3 rings (SSSR count). The number of benzene rings is 1. The number of nitrogens with zero attached hydrogens (tertiary/aromatic N) is 3. The van der Waals surface area contributed by atoms with Gasteiger partial charge in [0.1, 0.15) is 0 Å². The molecule has 6 nitrogen and oxygen atoms in total. The van der Waals surface area contributed by atoms with E-state index in [1.54, 1.807) is 25.2 Å². The fraction of sp³-hybridized carbons (Fsp3) is 0.400. The molecule has 0 saturated carbocycles. The minimum atomic E-state index is -1.36. The van der Waals surface area contributed by atoms with Crippen LogP contribution in [0.5, 0.6) is 0 Å². The number of amidine groups is 1. The molecule has 0 radical (unpaired) electrons. The van der Waals surface area contributed by atoms with Gasteiger partial charge in [0, 0.05) is 30.6 Å². The van der Waals surface area contributed by atoms with E-state index in [-0.39, 0.29) is 0 Å². The summed E-state index contributed by atoms with van der Waals surface area (Å²) in [7, 11) is 3.04. The molecule has 1 unspecified atom stereocenters. The molecule has 0 aliphatic carbocycles. The Labute approximate surface area is 143 Å². The maximum Gasteiger partial charge on any atom is 0.331 e. The number of carbonyl (C=O) groups excluding carboxylic acids is 2. The van der Waals surface area contributed by atoms with E-state index >= 15 is 0 Å². The van der Waals surface area contributed by atoms with Crippen LogP contribution in [0.25, 0.3) is 0 Å². The van der Waals surface area contributed by atoms with Crippen LogP contribution in [0.4, 0.5) is 10.5 Å². The van der Waals surface area contributed by atoms with Crippen LogP contribution >= 0.6 is 23.4 Å². The molecule has 3 amide bonds. The molecule has 122 valence electrons. The quantitative estimate of drug-likeness (QED) is 0.837. The van der Waals surface area contributed by atoms with Crippen LogP contribution in [0.1, 0.15) is 13.3 Å². The number of hydrogen-bond donors (Lipinski definition) is 0. The molecule has 0 bridgehead atoms. The number of hydrogen-bond acceptors (Lipinski definition) is 5.